The topological polar surface area (TPSA) is 34.6 Å². The number of hydrogen-bond donors (Lipinski definition) is 0. The molecule has 2 heterocycles. The fraction of sp³-hybridized carbons (Fsp3) is 0.188. The summed E-state index contributed by atoms with van der Waals surface area (Å²) < 4.78 is 41.2. The fourth-order valence-electron chi connectivity index (χ4n) is 2.30. The first-order chi connectivity index (χ1) is 10.9. The van der Waals surface area contributed by atoms with Crippen molar-refractivity contribution in [2.75, 3.05) is 0 Å². The largest absolute Gasteiger partial charge is 0.416 e. The second kappa shape index (κ2) is 5.83. The summed E-state index contributed by atoms with van der Waals surface area (Å²) in [6.45, 7) is 0.495. The molecular weight excluding hydrogens is 305 g/mol. The van der Waals surface area contributed by atoms with E-state index < -0.39 is 11.7 Å². The van der Waals surface area contributed by atoms with Crippen molar-refractivity contribution in [2.24, 2.45) is 7.05 Å². The number of nitrogens with zero attached hydrogens (tertiary/aromatic N) is 4. The number of hydrogen-bond acceptors (Lipinski definition) is 2. The summed E-state index contributed by atoms with van der Waals surface area (Å²) in [6.07, 6.45) is -0.837. The molecule has 0 saturated carbocycles. The maximum atomic E-state index is 12.6. The lowest BCUT2D eigenvalue weighted by Gasteiger charge is -2.06. The number of aryl methyl sites for hydroxylation is 1. The van der Waals surface area contributed by atoms with Crippen LogP contribution in [0.5, 0.6) is 0 Å². The Morgan fingerprint density at radius 2 is 1.83 bits per heavy atom. The minimum atomic E-state index is -4.33. The Hall–Kier alpha value is -2.70. The van der Waals surface area contributed by atoms with E-state index in [0.29, 0.717) is 12.1 Å². The van der Waals surface area contributed by atoms with Gasteiger partial charge in [0.1, 0.15) is 7.05 Å². The van der Waals surface area contributed by atoms with Gasteiger partial charge in [-0.05, 0) is 36.4 Å². The number of benzene rings is 1. The summed E-state index contributed by atoms with van der Waals surface area (Å²) in [5.41, 5.74) is 1.60. The zero-order valence-electron chi connectivity index (χ0n) is 12.3. The van der Waals surface area contributed by atoms with Gasteiger partial charge >= 0.3 is 6.18 Å². The Morgan fingerprint density at radius 3 is 2.43 bits per heavy atom. The van der Waals surface area contributed by atoms with Gasteiger partial charge in [-0.1, -0.05) is 6.07 Å². The highest BCUT2D eigenvalue weighted by Crippen LogP contribution is 2.30. The van der Waals surface area contributed by atoms with E-state index in [9.17, 15) is 13.2 Å². The highest BCUT2D eigenvalue weighted by Gasteiger charge is 2.30. The third kappa shape index (κ3) is 3.39. The van der Waals surface area contributed by atoms with E-state index >= 15 is 0 Å². The molecule has 0 unspecified atom stereocenters. The van der Waals surface area contributed by atoms with Crippen molar-refractivity contribution in [3.8, 4) is 11.3 Å². The molecule has 0 bridgehead atoms. The van der Waals surface area contributed by atoms with E-state index in [0.717, 1.165) is 23.5 Å². The Morgan fingerprint density at radius 1 is 1.09 bits per heavy atom. The molecule has 23 heavy (non-hydrogen) atoms. The van der Waals surface area contributed by atoms with Crippen molar-refractivity contribution < 1.29 is 17.9 Å². The van der Waals surface area contributed by atoms with Gasteiger partial charge in [0.25, 0.3) is 0 Å². The lowest BCUT2D eigenvalue weighted by atomic mass is 10.1. The van der Waals surface area contributed by atoms with Crippen LogP contribution in [0.25, 0.3) is 11.3 Å². The number of alkyl halides is 3. The van der Waals surface area contributed by atoms with E-state index in [1.54, 1.807) is 28.8 Å². The maximum Gasteiger partial charge on any atom is 0.416 e. The molecule has 0 amide bonds. The van der Waals surface area contributed by atoms with Gasteiger partial charge in [0.15, 0.2) is 18.4 Å². The van der Waals surface area contributed by atoms with Crippen molar-refractivity contribution in [3.63, 3.8) is 0 Å². The van der Waals surface area contributed by atoms with E-state index in [1.807, 2.05) is 18.2 Å². The smallest absolute Gasteiger partial charge is 0.257 e. The lowest BCUT2D eigenvalue weighted by Crippen LogP contribution is -2.36. The molecule has 7 heteroatoms. The van der Waals surface area contributed by atoms with E-state index in [-0.39, 0.29) is 0 Å². The Bertz CT molecular complexity index is 792. The normalized spacial score (nSPS) is 11.7. The summed E-state index contributed by atoms with van der Waals surface area (Å²) in [4.78, 5) is 4.23. The summed E-state index contributed by atoms with van der Waals surface area (Å²) in [7, 11) is 1.75. The van der Waals surface area contributed by atoms with Gasteiger partial charge in [0.2, 0.25) is 0 Å². The molecule has 0 atom stereocenters. The van der Waals surface area contributed by atoms with Crippen LogP contribution >= 0.6 is 0 Å². The average Bonchev–Trinajstić information content (AvgIpc) is 2.88. The molecule has 0 aliphatic rings. The number of pyridine rings is 1. The molecular formula is C16H14F3N4+. The van der Waals surface area contributed by atoms with Gasteiger partial charge in [-0.15, -0.1) is 9.36 Å². The van der Waals surface area contributed by atoms with E-state index in [4.69, 9.17) is 0 Å². The van der Waals surface area contributed by atoms with Gasteiger partial charge in [-0.25, -0.2) is 0 Å². The third-order valence-corrected chi connectivity index (χ3v) is 3.43. The van der Waals surface area contributed by atoms with Crippen molar-refractivity contribution in [1.29, 1.82) is 0 Å². The zero-order chi connectivity index (χ0) is 16.4. The van der Waals surface area contributed by atoms with Crippen molar-refractivity contribution in [2.45, 2.75) is 12.7 Å². The van der Waals surface area contributed by atoms with Crippen LogP contribution in [0.3, 0.4) is 0 Å². The molecule has 0 N–H and O–H groups in total. The minimum absolute atomic E-state index is 0.495. The second-order valence-corrected chi connectivity index (χ2v) is 5.12. The summed E-state index contributed by atoms with van der Waals surface area (Å²) >= 11 is 0. The van der Waals surface area contributed by atoms with Crippen LogP contribution in [0.15, 0.2) is 54.9 Å². The SMILES string of the molecule is Cn1n[n+](Cc2ccccn2)cc1-c1ccc(C(F)(F)F)cc1. The van der Waals surface area contributed by atoms with Crippen molar-refractivity contribution in [1.82, 2.24) is 14.9 Å². The zero-order valence-corrected chi connectivity index (χ0v) is 12.3. The molecule has 3 rings (SSSR count). The summed E-state index contributed by atoms with van der Waals surface area (Å²) in [5.74, 6) is 0. The Labute approximate surface area is 130 Å². The van der Waals surface area contributed by atoms with E-state index in [1.165, 1.54) is 12.1 Å². The molecule has 2 aromatic heterocycles. The molecule has 0 radical (unpaired) electrons. The highest BCUT2D eigenvalue weighted by molar-refractivity contribution is 5.58. The van der Waals surface area contributed by atoms with Crippen LogP contribution in [-0.4, -0.2) is 14.9 Å². The minimum Gasteiger partial charge on any atom is -0.257 e. The first-order valence-electron chi connectivity index (χ1n) is 6.95. The van der Waals surface area contributed by atoms with Gasteiger partial charge in [0, 0.05) is 11.8 Å². The first-order valence-corrected chi connectivity index (χ1v) is 6.95. The van der Waals surface area contributed by atoms with Crippen LogP contribution in [0.4, 0.5) is 13.2 Å². The Kier molecular flexibility index (Phi) is 3.85. The molecule has 3 aromatic rings. The monoisotopic (exact) mass is 319 g/mol. The Balaban J connectivity index is 1.86. The summed E-state index contributed by atoms with van der Waals surface area (Å²) in [6, 6.07) is 10.7. The lowest BCUT2D eigenvalue weighted by molar-refractivity contribution is -0.747. The standard InChI is InChI=1S/C16H14F3N4/c1-22-15(12-5-7-13(8-6-12)16(17,18)19)11-23(21-22)10-14-4-2-3-9-20-14/h2-9,11H,10H2,1H3/q+1. The van der Waals surface area contributed by atoms with Crippen LogP contribution in [0.2, 0.25) is 0 Å². The predicted octanol–water partition coefficient (Wildman–Crippen LogP) is 2.84. The quantitative estimate of drug-likeness (QED) is 0.696. The molecule has 0 fully saturated rings. The molecule has 0 aliphatic carbocycles. The molecule has 0 spiro atoms. The molecule has 1 aromatic carbocycles. The first kappa shape index (κ1) is 15.2. The number of aromatic nitrogens is 4. The van der Waals surface area contributed by atoms with Crippen LogP contribution in [0.1, 0.15) is 11.3 Å². The number of rotatable bonds is 3. The van der Waals surface area contributed by atoms with Crippen molar-refractivity contribution >= 4 is 0 Å². The molecule has 0 aliphatic heterocycles. The van der Waals surface area contributed by atoms with Crippen LogP contribution in [-0.2, 0) is 19.8 Å². The van der Waals surface area contributed by atoms with Crippen molar-refractivity contribution in [3.05, 3.63) is 66.1 Å². The third-order valence-electron chi connectivity index (χ3n) is 3.43. The highest BCUT2D eigenvalue weighted by atomic mass is 19.4. The van der Waals surface area contributed by atoms with Gasteiger partial charge in [-0.2, -0.15) is 13.2 Å². The second-order valence-electron chi connectivity index (χ2n) is 5.12. The van der Waals surface area contributed by atoms with E-state index in [2.05, 4.69) is 10.2 Å². The fourth-order valence-corrected chi connectivity index (χ4v) is 2.30. The molecule has 118 valence electrons. The molecule has 0 saturated heterocycles. The maximum absolute atomic E-state index is 12.6. The van der Waals surface area contributed by atoms with Crippen LogP contribution < -0.4 is 4.68 Å². The predicted molar refractivity (Wildman–Crippen MR) is 77.2 cm³/mol. The molecule has 4 nitrogen and oxygen atoms in total. The van der Waals surface area contributed by atoms with Crippen LogP contribution in [0, 0.1) is 0 Å². The number of halogens is 3. The van der Waals surface area contributed by atoms with Gasteiger partial charge in [-0.3, -0.25) is 4.98 Å². The van der Waals surface area contributed by atoms with Gasteiger partial charge < -0.3 is 0 Å². The van der Waals surface area contributed by atoms with Gasteiger partial charge in [0.05, 0.1) is 16.5 Å². The summed E-state index contributed by atoms with van der Waals surface area (Å²) in [5, 5.41) is 4.32. The average molecular weight is 319 g/mol.